The molecule has 0 fully saturated rings. The minimum absolute atomic E-state index is 0.0644. The van der Waals surface area contributed by atoms with E-state index >= 15 is 0 Å². The maximum absolute atomic E-state index is 12.8. The number of rotatable bonds is 51. The smallest absolute Gasteiger partial charge is 0.306 e. The zero-order valence-corrected chi connectivity index (χ0v) is 44.1. The molecule has 0 aliphatic carbocycles. The normalized spacial score (nSPS) is 12.1. The standard InChI is InChI=1S/C58H112O6/c1-52(2)44-38-32-26-21-17-13-11-9-7-8-10-12-14-19-23-29-35-41-47-56(59)62-50-55(64-58(61)49-43-37-31-25-28-34-40-46-54(5)6)51-63-57(60)48-42-36-30-24-20-16-15-18-22-27-33-39-45-53(3)4/h52-55H,7-51H2,1-6H3/t55-/m0/s1. The van der Waals surface area contributed by atoms with Crippen LogP contribution < -0.4 is 0 Å². The molecule has 64 heavy (non-hydrogen) atoms. The molecule has 6 nitrogen and oxygen atoms in total. The van der Waals surface area contributed by atoms with Crippen LogP contribution in [0.3, 0.4) is 0 Å². The van der Waals surface area contributed by atoms with Crippen LogP contribution in [0.1, 0.15) is 318 Å². The molecule has 0 saturated heterocycles. The Hall–Kier alpha value is -1.59. The highest BCUT2D eigenvalue weighted by molar-refractivity contribution is 5.71. The van der Waals surface area contributed by atoms with Crippen LogP contribution >= 0.6 is 0 Å². The fourth-order valence-electron chi connectivity index (χ4n) is 8.82. The number of carbonyl (C=O) groups is 3. The Labute approximate surface area is 399 Å². The van der Waals surface area contributed by atoms with Crippen molar-refractivity contribution < 1.29 is 28.6 Å². The van der Waals surface area contributed by atoms with E-state index in [-0.39, 0.29) is 31.1 Å². The van der Waals surface area contributed by atoms with E-state index in [2.05, 4.69) is 41.5 Å². The van der Waals surface area contributed by atoms with Crippen molar-refractivity contribution in [1.82, 2.24) is 0 Å². The van der Waals surface area contributed by atoms with Gasteiger partial charge in [0.1, 0.15) is 13.2 Å². The number of carbonyl (C=O) groups excluding carboxylic acids is 3. The van der Waals surface area contributed by atoms with Gasteiger partial charge < -0.3 is 14.2 Å². The van der Waals surface area contributed by atoms with Crippen molar-refractivity contribution in [3.63, 3.8) is 0 Å². The molecular formula is C58H112O6. The van der Waals surface area contributed by atoms with E-state index in [0.717, 1.165) is 75.5 Å². The molecule has 0 aromatic heterocycles. The summed E-state index contributed by atoms with van der Waals surface area (Å²) in [6.45, 7) is 13.7. The van der Waals surface area contributed by atoms with Gasteiger partial charge in [-0.3, -0.25) is 14.4 Å². The molecule has 0 amide bonds. The Morgan fingerprint density at radius 3 is 0.672 bits per heavy atom. The predicted octanol–water partition coefficient (Wildman–Crippen LogP) is 18.7. The first-order chi connectivity index (χ1) is 31.1. The lowest BCUT2D eigenvalue weighted by Crippen LogP contribution is -2.30. The summed E-state index contributed by atoms with van der Waals surface area (Å²) in [5, 5.41) is 0. The van der Waals surface area contributed by atoms with Gasteiger partial charge in [-0.05, 0) is 37.0 Å². The number of hydrogen-bond donors (Lipinski definition) is 0. The second kappa shape index (κ2) is 49.3. The van der Waals surface area contributed by atoms with Gasteiger partial charge in [0, 0.05) is 19.3 Å². The van der Waals surface area contributed by atoms with Crippen LogP contribution in [0.2, 0.25) is 0 Å². The Balaban J connectivity index is 4.19. The van der Waals surface area contributed by atoms with Crippen molar-refractivity contribution in [2.24, 2.45) is 17.8 Å². The van der Waals surface area contributed by atoms with Gasteiger partial charge in [-0.25, -0.2) is 0 Å². The van der Waals surface area contributed by atoms with Gasteiger partial charge in [-0.2, -0.15) is 0 Å². The molecule has 0 aromatic rings. The average molecular weight is 906 g/mol. The Bertz CT molecular complexity index is 991. The third-order valence-electron chi connectivity index (χ3n) is 13.1. The number of ether oxygens (including phenoxy) is 3. The van der Waals surface area contributed by atoms with Crippen molar-refractivity contribution in [3.8, 4) is 0 Å². The van der Waals surface area contributed by atoms with E-state index in [1.165, 1.54) is 199 Å². The molecule has 0 saturated carbocycles. The highest BCUT2D eigenvalue weighted by Crippen LogP contribution is 2.18. The topological polar surface area (TPSA) is 78.9 Å². The minimum Gasteiger partial charge on any atom is -0.462 e. The van der Waals surface area contributed by atoms with Crippen molar-refractivity contribution >= 4 is 17.9 Å². The fourth-order valence-corrected chi connectivity index (χ4v) is 8.82. The molecule has 0 spiro atoms. The van der Waals surface area contributed by atoms with Crippen molar-refractivity contribution in [2.75, 3.05) is 13.2 Å². The van der Waals surface area contributed by atoms with Crippen LogP contribution in [-0.2, 0) is 28.6 Å². The highest BCUT2D eigenvalue weighted by atomic mass is 16.6. The second-order valence-electron chi connectivity index (χ2n) is 21.4. The van der Waals surface area contributed by atoms with Gasteiger partial charge in [0.05, 0.1) is 0 Å². The van der Waals surface area contributed by atoms with E-state index in [4.69, 9.17) is 14.2 Å². The lowest BCUT2D eigenvalue weighted by atomic mass is 10.0. The molecule has 1 atom stereocenters. The molecular weight excluding hydrogens is 793 g/mol. The molecule has 0 aromatic carbocycles. The molecule has 380 valence electrons. The van der Waals surface area contributed by atoms with Crippen LogP contribution in [0, 0.1) is 17.8 Å². The zero-order valence-electron chi connectivity index (χ0n) is 44.1. The van der Waals surface area contributed by atoms with Gasteiger partial charge in [-0.15, -0.1) is 0 Å². The van der Waals surface area contributed by atoms with Gasteiger partial charge in [0.25, 0.3) is 0 Å². The minimum atomic E-state index is -0.763. The predicted molar refractivity (Wildman–Crippen MR) is 275 cm³/mol. The van der Waals surface area contributed by atoms with Crippen molar-refractivity contribution in [1.29, 1.82) is 0 Å². The SMILES string of the molecule is CC(C)CCCCCCCCCCCCCCCCCCCCC(=O)OC[C@@H](COC(=O)CCCCCCCCCCCCCCC(C)C)OC(=O)CCCCCCCCCC(C)C. The summed E-state index contributed by atoms with van der Waals surface area (Å²) in [7, 11) is 0. The van der Waals surface area contributed by atoms with E-state index in [9.17, 15) is 14.4 Å². The largest absolute Gasteiger partial charge is 0.462 e. The molecule has 0 unspecified atom stereocenters. The summed E-state index contributed by atoms with van der Waals surface area (Å²) in [6, 6.07) is 0. The Morgan fingerprint density at radius 2 is 0.453 bits per heavy atom. The lowest BCUT2D eigenvalue weighted by molar-refractivity contribution is -0.167. The number of esters is 3. The second-order valence-corrected chi connectivity index (χ2v) is 21.4. The molecule has 0 aliphatic rings. The van der Waals surface area contributed by atoms with Gasteiger partial charge >= 0.3 is 17.9 Å². The van der Waals surface area contributed by atoms with E-state index in [1.54, 1.807) is 0 Å². The quantitative estimate of drug-likeness (QED) is 0.0344. The first-order valence-electron chi connectivity index (χ1n) is 28.6. The van der Waals surface area contributed by atoms with Crippen molar-refractivity contribution in [3.05, 3.63) is 0 Å². The van der Waals surface area contributed by atoms with Gasteiger partial charge in [-0.1, -0.05) is 279 Å². The maximum atomic E-state index is 12.8. The summed E-state index contributed by atoms with van der Waals surface area (Å²) in [5.74, 6) is 1.62. The van der Waals surface area contributed by atoms with E-state index in [1.807, 2.05) is 0 Å². The van der Waals surface area contributed by atoms with Crippen LogP contribution in [0.15, 0.2) is 0 Å². The summed E-state index contributed by atoms with van der Waals surface area (Å²) in [6.07, 6.45) is 51.1. The maximum Gasteiger partial charge on any atom is 0.306 e. The summed E-state index contributed by atoms with van der Waals surface area (Å²) < 4.78 is 16.8. The average Bonchev–Trinajstić information content (AvgIpc) is 3.25. The highest BCUT2D eigenvalue weighted by Gasteiger charge is 2.19. The van der Waals surface area contributed by atoms with Crippen LogP contribution in [0.5, 0.6) is 0 Å². The number of unbranched alkanes of at least 4 members (excludes halogenated alkanes) is 34. The summed E-state index contributed by atoms with van der Waals surface area (Å²) in [5.41, 5.74) is 0. The van der Waals surface area contributed by atoms with E-state index < -0.39 is 6.10 Å². The Kier molecular flexibility index (Phi) is 48.1. The summed E-state index contributed by atoms with van der Waals surface area (Å²) in [4.78, 5) is 38.0. The zero-order chi connectivity index (χ0) is 47.0. The van der Waals surface area contributed by atoms with Crippen LogP contribution in [0.4, 0.5) is 0 Å². The van der Waals surface area contributed by atoms with Gasteiger partial charge in [0.2, 0.25) is 0 Å². The Morgan fingerprint density at radius 1 is 0.266 bits per heavy atom. The molecule has 0 radical (unpaired) electrons. The first kappa shape index (κ1) is 62.4. The molecule has 0 aliphatic heterocycles. The van der Waals surface area contributed by atoms with Gasteiger partial charge in [0.15, 0.2) is 6.10 Å². The number of hydrogen-bond acceptors (Lipinski definition) is 6. The molecule has 0 rings (SSSR count). The molecule has 0 bridgehead atoms. The third-order valence-corrected chi connectivity index (χ3v) is 13.1. The monoisotopic (exact) mass is 905 g/mol. The fraction of sp³-hybridized carbons (Fsp3) is 0.948. The first-order valence-corrected chi connectivity index (χ1v) is 28.6. The molecule has 0 heterocycles. The molecule has 6 heteroatoms. The summed E-state index contributed by atoms with van der Waals surface area (Å²) >= 11 is 0. The third kappa shape index (κ3) is 51.4. The van der Waals surface area contributed by atoms with Crippen LogP contribution in [0.25, 0.3) is 0 Å². The van der Waals surface area contributed by atoms with Crippen LogP contribution in [-0.4, -0.2) is 37.2 Å². The molecule has 0 N–H and O–H groups in total. The lowest BCUT2D eigenvalue weighted by Gasteiger charge is -2.18. The van der Waals surface area contributed by atoms with Crippen molar-refractivity contribution in [2.45, 2.75) is 324 Å². The van der Waals surface area contributed by atoms with E-state index in [0.29, 0.717) is 19.3 Å².